The molecule has 0 aliphatic carbocycles. The molecular weight excluding hydrogens is 312 g/mol. The van der Waals surface area contributed by atoms with E-state index < -0.39 is 5.92 Å². The Labute approximate surface area is 141 Å². The van der Waals surface area contributed by atoms with Crippen LogP contribution in [0.25, 0.3) is 0 Å². The molecular formula is C17H20N2O3S. The summed E-state index contributed by atoms with van der Waals surface area (Å²) in [7, 11) is 0. The highest BCUT2D eigenvalue weighted by atomic mass is 32.1. The van der Waals surface area contributed by atoms with Gasteiger partial charge in [0.25, 0.3) is 0 Å². The van der Waals surface area contributed by atoms with E-state index in [2.05, 4.69) is 16.9 Å². The van der Waals surface area contributed by atoms with Gasteiger partial charge in [-0.2, -0.15) is 0 Å². The summed E-state index contributed by atoms with van der Waals surface area (Å²) in [6.45, 7) is 7.95. The number of nitrogens with zero attached hydrogens (tertiary/aromatic N) is 1. The highest BCUT2D eigenvalue weighted by Crippen LogP contribution is 2.33. The minimum absolute atomic E-state index is 0.160. The fourth-order valence-electron chi connectivity index (χ4n) is 2.54. The van der Waals surface area contributed by atoms with E-state index in [0.717, 1.165) is 5.56 Å². The molecule has 0 bridgehead atoms. The van der Waals surface area contributed by atoms with Crippen LogP contribution in [0, 0.1) is 5.92 Å². The molecule has 2 unspecified atom stereocenters. The fraction of sp³-hybridized carbons (Fsp3) is 0.353. The summed E-state index contributed by atoms with van der Waals surface area (Å²) in [6, 6.07) is 7.20. The molecule has 0 aromatic heterocycles. The number of ether oxygens (including phenoxy) is 2. The molecule has 23 heavy (non-hydrogen) atoms. The second kappa shape index (κ2) is 7.87. The lowest BCUT2D eigenvalue weighted by molar-refractivity contribution is -0.145. The number of benzene rings is 1. The number of hydrogen-bond acceptors (Lipinski definition) is 4. The molecule has 1 aliphatic rings. The van der Waals surface area contributed by atoms with Crippen molar-refractivity contribution < 1.29 is 14.3 Å². The molecule has 0 spiro atoms. The number of para-hydroxylation sites is 1. The Hall–Kier alpha value is -2.21. The number of rotatable bonds is 6. The Morgan fingerprint density at radius 1 is 1.48 bits per heavy atom. The van der Waals surface area contributed by atoms with Crippen LogP contribution < -0.4 is 10.1 Å². The first kappa shape index (κ1) is 17.1. The number of carbonyl (C=O) groups is 1. The highest BCUT2D eigenvalue weighted by Gasteiger charge is 2.38. The summed E-state index contributed by atoms with van der Waals surface area (Å²) in [5.41, 5.74) is 1.48. The summed E-state index contributed by atoms with van der Waals surface area (Å²) >= 11 is 5.19. The van der Waals surface area contributed by atoms with Crippen LogP contribution in [-0.2, 0) is 9.53 Å². The van der Waals surface area contributed by atoms with Crippen LogP contribution in [0.1, 0.15) is 25.5 Å². The zero-order valence-corrected chi connectivity index (χ0v) is 14.1. The number of thiocarbonyl (C=S) groups is 1. The molecule has 0 amide bonds. The maximum absolute atomic E-state index is 12.5. The number of nitrogens with one attached hydrogen (secondary N) is 1. The van der Waals surface area contributed by atoms with Crippen LogP contribution in [0.4, 0.5) is 0 Å². The van der Waals surface area contributed by atoms with Crippen LogP contribution >= 0.6 is 12.2 Å². The van der Waals surface area contributed by atoms with E-state index in [9.17, 15) is 4.79 Å². The van der Waals surface area contributed by atoms with Crippen LogP contribution in [0.15, 0.2) is 41.9 Å². The number of carbonyl (C=O) groups excluding carboxylic acids is 1. The minimum atomic E-state index is -0.566. The van der Waals surface area contributed by atoms with Crippen molar-refractivity contribution in [3.05, 3.63) is 42.5 Å². The molecule has 6 heteroatoms. The Kier molecular flexibility index (Phi) is 5.87. The average Bonchev–Trinajstić information content (AvgIpc) is 2.52. The van der Waals surface area contributed by atoms with Gasteiger partial charge in [-0.3, -0.25) is 4.79 Å². The van der Waals surface area contributed by atoms with Gasteiger partial charge < -0.3 is 14.8 Å². The Balaban J connectivity index is 2.41. The van der Waals surface area contributed by atoms with Crippen molar-refractivity contribution in [2.75, 3.05) is 13.2 Å². The van der Waals surface area contributed by atoms with Gasteiger partial charge in [-0.25, -0.2) is 4.99 Å². The quantitative estimate of drug-likeness (QED) is 0.493. The molecule has 1 aromatic carbocycles. The molecule has 5 nitrogen and oxygen atoms in total. The van der Waals surface area contributed by atoms with Gasteiger partial charge in [-0.15, -0.1) is 0 Å². The van der Waals surface area contributed by atoms with Crippen molar-refractivity contribution in [2.24, 2.45) is 10.9 Å². The molecule has 2 atom stereocenters. The lowest BCUT2D eigenvalue weighted by atomic mass is 9.88. The molecule has 1 aromatic rings. The third kappa shape index (κ3) is 3.96. The van der Waals surface area contributed by atoms with Crippen LogP contribution in [0.3, 0.4) is 0 Å². The van der Waals surface area contributed by atoms with Gasteiger partial charge in [0.1, 0.15) is 18.3 Å². The second-order valence-corrected chi connectivity index (χ2v) is 5.43. The van der Waals surface area contributed by atoms with Crippen molar-refractivity contribution in [3.63, 3.8) is 0 Å². The van der Waals surface area contributed by atoms with E-state index in [1.807, 2.05) is 31.2 Å². The monoisotopic (exact) mass is 332 g/mol. The van der Waals surface area contributed by atoms with E-state index in [1.54, 1.807) is 6.92 Å². The van der Waals surface area contributed by atoms with E-state index in [-0.39, 0.29) is 18.6 Å². The Morgan fingerprint density at radius 3 is 2.91 bits per heavy atom. The summed E-state index contributed by atoms with van der Waals surface area (Å²) in [6.07, 6.45) is 1.54. The van der Waals surface area contributed by atoms with Gasteiger partial charge in [0.2, 0.25) is 0 Å². The summed E-state index contributed by atoms with van der Waals surface area (Å²) in [4.78, 5) is 16.7. The SMILES string of the molecule is C=CCOC(=O)C1C(C)=NC(=S)NC1c1ccccc1OCC. The molecule has 1 N–H and O–H groups in total. The predicted octanol–water partition coefficient (Wildman–Crippen LogP) is 2.82. The topological polar surface area (TPSA) is 59.9 Å². The van der Waals surface area contributed by atoms with Crippen molar-refractivity contribution >= 4 is 29.0 Å². The van der Waals surface area contributed by atoms with Crippen LogP contribution in [0.2, 0.25) is 0 Å². The standard InChI is InChI=1S/C17H20N2O3S/c1-4-10-22-16(20)14-11(3)18-17(23)19-15(14)12-8-6-7-9-13(12)21-5-2/h4,6-9,14-15H,1,5,10H2,2-3H3,(H,19,23). The van der Waals surface area contributed by atoms with Crippen molar-refractivity contribution in [3.8, 4) is 5.75 Å². The molecule has 1 aliphatic heterocycles. The first-order chi connectivity index (χ1) is 11.1. The molecule has 1 heterocycles. The minimum Gasteiger partial charge on any atom is -0.494 e. The maximum atomic E-state index is 12.5. The molecule has 122 valence electrons. The second-order valence-electron chi connectivity index (χ2n) is 5.05. The normalized spacial score (nSPS) is 20.3. The maximum Gasteiger partial charge on any atom is 0.317 e. The summed E-state index contributed by atoms with van der Waals surface area (Å²) in [5.74, 6) is -0.216. The van der Waals surface area contributed by atoms with E-state index >= 15 is 0 Å². The first-order valence-electron chi connectivity index (χ1n) is 7.43. The highest BCUT2D eigenvalue weighted by molar-refractivity contribution is 7.80. The molecule has 0 fully saturated rings. The summed E-state index contributed by atoms with van der Waals surface area (Å²) < 4.78 is 10.9. The average molecular weight is 332 g/mol. The van der Waals surface area contributed by atoms with Crippen molar-refractivity contribution in [2.45, 2.75) is 19.9 Å². The molecule has 0 saturated carbocycles. The van der Waals surface area contributed by atoms with Crippen molar-refractivity contribution in [1.29, 1.82) is 0 Å². The number of hydrogen-bond donors (Lipinski definition) is 1. The zero-order chi connectivity index (χ0) is 16.8. The molecule has 0 saturated heterocycles. The van der Waals surface area contributed by atoms with E-state index in [0.29, 0.717) is 23.2 Å². The first-order valence-corrected chi connectivity index (χ1v) is 7.84. The smallest absolute Gasteiger partial charge is 0.317 e. The van der Waals surface area contributed by atoms with Gasteiger partial charge in [-0.1, -0.05) is 30.9 Å². The Bertz CT molecular complexity index is 642. The third-order valence-electron chi connectivity index (χ3n) is 3.49. The van der Waals surface area contributed by atoms with E-state index in [1.165, 1.54) is 6.08 Å². The van der Waals surface area contributed by atoms with Crippen LogP contribution in [0.5, 0.6) is 5.75 Å². The van der Waals surface area contributed by atoms with Gasteiger partial charge in [-0.05, 0) is 32.1 Å². The molecule has 0 radical (unpaired) electrons. The lowest BCUT2D eigenvalue weighted by Gasteiger charge is -2.31. The van der Waals surface area contributed by atoms with Crippen molar-refractivity contribution in [1.82, 2.24) is 5.32 Å². The zero-order valence-electron chi connectivity index (χ0n) is 13.2. The molecule has 2 rings (SSSR count). The lowest BCUT2D eigenvalue weighted by Crippen LogP contribution is -2.44. The van der Waals surface area contributed by atoms with Gasteiger partial charge >= 0.3 is 5.97 Å². The Morgan fingerprint density at radius 2 is 2.22 bits per heavy atom. The largest absolute Gasteiger partial charge is 0.494 e. The van der Waals surface area contributed by atoms with Crippen LogP contribution in [-0.4, -0.2) is 30.0 Å². The fourth-order valence-corrected chi connectivity index (χ4v) is 2.81. The predicted molar refractivity (Wildman–Crippen MR) is 93.8 cm³/mol. The summed E-state index contributed by atoms with van der Waals surface area (Å²) in [5, 5.41) is 3.46. The van der Waals surface area contributed by atoms with Gasteiger partial charge in [0.05, 0.1) is 12.6 Å². The van der Waals surface area contributed by atoms with Gasteiger partial charge in [0.15, 0.2) is 5.11 Å². The van der Waals surface area contributed by atoms with E-state index in [4.69, 9.17) is 21.7 Å². The van der Waals surface area contributed by atoms with Gasteiger partial charge in [0, 0.05) is 11.3 Å². The third-order valence-corrected chi connectivity index (χ3v) is 3.70. The number of aliphatic imine (C=N–C) groups is 1. The number of esters is 1.